The number of benzene rings is 1. The van der Waals surface area contributed by atoms with E-state index < -0.39 is 4.75 Å². The molecule has 1 fully saturated rings. The molecule has 1 heterocycles. The molecule has 0 aliphatic carbocycles. The lowest BCUT2D eigenvalue weighted by Gasteiger charge is -2.29. The maximum atomic E-state index is 12.7. The van der Waals surface area contributed by atoms with Crippen LogP contribution in [0.5, 0.6) is 0 Å². The summed E-state index contributed by atoms with van der Waals surface area (Å²) in [6.07, 6.45) is 0.268. The van der Waals surface area contributed by atoms with Crippen LogP contribution in [-0.4, -0.2) is 28.6 Å². The Kier molecular flexibility index (Phi) is 5.56. The summed E-state index contributed by atoms with van der Waals surface area (Å²) < 4.78 is 5.84. The van der Waals surface area contributed by atoms with Gasteiger partial charge in [-0.05, 0) is 42.8 Å². The second-order valence-corrected chi connectivity index (χ2v) is 8.36. The molecule has 1 aliphatic heterocycles. The Morgan fingerprint density at radius 1 is 1.50 bits per heavy atom. The van der Waals surface area contributed by atoms with Crippen LogP contribution in [0.4, 0.5) is 0 Å². The average Bonchev–Trinajstić information content (AvgIpc) is 2.81. The molecule has 1 saturated heterocycles. The van der Waals surface area contributed by atoms with Gasteiger partial charge in [0.05, 0.1) is 6.04 Å². The first kappa shape index (κ1) is 17.8. The fourth-order valence-electron chi connectivity index (χ4n) is 2.50. The Bertz CT molecular complexity index is 572. The second-order valence-electron chi connectivity index (χ2n) is 6.11. The maximum Gasteiger partial charge on any atom is 0.266 e. The van der Waals surface area contributed by atoms with Crippen LogP contribution in [0, 0.1) is 5.92 Å². The van der Waals surface area contributed by atoms with Gasteiger partial charge < -0.3 is 4.74 Å². The van der Waals surface area contributed by atoms with Crippen molar-refractivity contribution < 1.29 is 9.53 Å². The van der Waals surface area contributed by atoms with Crippen LogP contribution in [0.2, 0.25) is 0 Å². The Morgan fingerprint density at radius 2 is 2.09 bits per heavy atom. The van der Waals surface area contributed by atoms with Gasteiger partial charge in [0.2, 0.25) is 5.91 Å². The fraction of sp³-hybridized carbons (Fsp3) is 0.500. The van der Waals surface area contributed by atoms with Gasteiger partial charge in [-0.15, -0.1) is 0 Å². The molecule has 0 saturated carbocycles. The fourth-order valence-corrected chi connectivity index (χ4v) is 3.36. The zero-order chi connectivity index (χ0) is 16.5. The lowest BCUT2D eigenvalue weighted by Crippen LogP contribution is -2.43. The van der Waals surface area contributed by atoms with E-state index in [1.54, 1.807) is 4.90 Å². The van der Waals surface area contributed by atoms with Crippen molar-refractivity contribution in [3.05, 3.63) is 34.3 Å². The van der Waals surface area contributed by atoms with Gasteiger partial charge in [0.25, 0.3) is 5.17 Å². The predicted octanol–water partition coefficient (Wildman–Crippen LogP) is 4.15. The Hall–Kier alpha value is -0.590. The van der Waals surface area contributed by atoms with Gasteiger partial charge in [0, 0.05) is 15.6 Å². The van der Waals surface area contributed by atoms with E-state index in [1.165, 1.54) is 0 Å². The van der Waals surface area contributed by atoms with Crippen LogP contribution in [-0.2, 0) is 14.3 Å². The van der Waals surface area contributed by atoms with Crippen LogP contribution in [0.25, 0.3) is 0 Å². The number of thiol groups is 1. The van der Waals surface area contributed by atoms with E-state index in [1.807, 2.05) is 31.2 Å². The molecule has 0 unspecified atom stereocenters. The Balaban J connectivity index is 2.16. The summed E-state index contributed by atoms with van der Waals surface area (Å²) >= 11 is 13.3. The second kappa shape index (κ2) is 6.89. The summed E-state index contributed by atoms with van der Waals surface area (Å²) in [5.41, 5.74) is 1.000. The molecule has 1 aromatic rings. The van der Waals surface area contributed by atoms with Crippen molar-refractivity contribution in [3.8, 4) is 0 Å². The highest BCUT2D eigenvalue weighted by Gasteiger charge is 2.39. The minimum absolute atomic E-state index is 0.00838. The number of thiocarbonyl (C=S) groups is 1. The first-order valence-electron chi connectivity index (χ1n) is 7.19. The monoisotopic (exact) mass is 401 g/mol. The van der Waals surface area contributed by atoms with E-state index in [0.717, 1.165) is 10.0 Å². The highest BCUT2D eigenvalue weighted by Crippen LogP contribution is 2.34. The highest BCUT2D eigenvalue weighted by molar-refractivity contribution is 9.10. The molecule has 1 aromatic carbocycles. The molecule has 0 bridgehead atoms. The lowest BCUT2D eigenvalue weighted by molar-refractivity contribution is -0.129. The summed E-state index contributed by atoms with van der Waals surface area (Å²) in [4.78, 5) is 14.3. The smallest absolute Gasteiger partial charge is 0.266 e. The summed E-state index contributed by atoms with van der Waals surface area (Å²) in [7, 11) is 0. The number of rotatable bonds is 4. The molecule has 0 aromatic heterocycles. The van der Waals surface area contributed by atoms with Gasteiger partial charge >= 0.3 is 0 Å². The third kappa shape index (κ3) is 3.84. The van der Waals surface area contributed by atoms with E-state index in [4.69, 9.17) is 29.6 Å². The van der Waals surface area contributed by atoms with E-state index in [2.05, 4.69) is 29.8 Å². The minimum Gasteiger partial charge on any atom is -0.468 e. The van der Waals surface area contributed by atoms with Crippen LogP contribution in [0.3, 0.4) is 0 Å². The topological polar surface area (TPSA) is 29.5 Å². The van der Waals surface area contributed by atoms with E-state index in [-0.39, 0.29) is 23.5 Å². The van der Waals surface area contributed by atoms with Gasteiger partial charge in [-0.1, -0.05) is 41.9 Å². The number of carbonyl (C=O) groups excluding carboxylic acids is 1. The summed E-state index contributed by atoms with van der Waals surface area (Å²) in [5, 5.41) is 0.281. The number of ether oxygens (including phenoxy) is 1. The number of carbonyl (C=O) groups is 1. The third-order valence-corrected chi connectivity index (χ3v) is 5.17. The maximum absolute atomic E-state index is 12.7. The van der Waals surface area contributed by atoms with E-state index in [9.17, 15) is 4.79 Å². The number of hydrogen-bond donors (Lipinski definition) is 1. The molecular weight excluding hydrogens is 382 g/mol. The standard InChI is InChI=1S/C16H20BrNO2S2/c1-10(2)13-9-20-15(21)18(13)14(19)8-16(3,22)11-4-6-12(17)7-5-11/h4-7,10,13,22H,8-9H2,1-3H3/t13-,16+/m1/s1. The average molecular weight is 402 g/mol. The van der Waals surface area contributed by atoms with Crippen LogP contribution < -0.4 is 0 Å². The van der Waals surface area contributed by atoms with Crippen molar-refractivity contribution in [2.45, 2.75) is 38.0 Å². The summed E-state index contributed by atoms with van der Waals surface area (Å²) in [5.74, 6) is 0.255. The Labute approximate surface area is 150 Å². The molecule has 0 radical (unpaired) electrons. The van der Waals surface area contributed by atoms with Crippen molar-refractivity contribution in [2.75, 3.05) is 6.61 Å². The molecule has 22 heavy (non-hydrogen) atoms. The molecule has 1 amide bonds. The van der Waals surface area contributed by atoms with Crippen molar-refractivity contribution in [1.82, 2.24) is 4.90 Å². The van der Waals surface area contributed by atoms with Gasteiger partial charge in [-0.3, -0.25) is 9.69 Å². The highest BCUT2D eigenvalue weighted by atomic mass is 79.9. The minimum atomic E-state index is -0.558. The first-order valence-corrected chi connectivity index (χ1v) is 8.84. The van der Waals surface area contributed by atoms with E-state index >= 15 is 0 Å². The first-order chi connectivity index (χ1) is 10.2. The van der Waals surface area contributed by atoms with Crippen molar-refractivity contribution in [2.24, 2.45) is 5.92 Å². The molecule has 3 nitrogen and oxygen atoms in total. The molecule has 120 valence electrons. The number of amides is 1. The lowest BCUT2D eigenvalue weighted by atomic mass is 9.95. The van der Waals surface area contributed by atoms with Crippen molar-refractivity contribution >= 4 is 51.9 Å². The number of halogens is 1. The Morgan fingerprint density at radius 3 is 2.64 bits per heavy atom. The molecular formula is C16H20BrNO2S2. The molecule has 0 spiro atoms. The molecule has 2 rings (SSSR count). The predicted molar refractivity (Wildman–Crippen MR) is 99.1 cm³/mol. The number of nitrogens with zero attached hydrogens (tertiary/aromatic N) is 1. The molecule has 0 N–H and O–H groups in total. The number of hydrogen-bond acceptors (Lipinski definition) is 4. The van der Waals surface area contributed by atoms with Crippen molar-refractivity contribution in [1.29, 1.82) is 0 Å². The summed E-state index contributed by atoms with van der Waals surface area (Å²) in [6.45, 7) is 6.55. The summed E-state index contributed by atoms with van der Waals surface area (Å²) in [6, 6.07) is 7.87. The van der Waals surface area contributed by atoms with Gasteiger partial charge in [-0.25, -0.2) is 0 Å². The third-order valence-electron chi connectivity index (χ3n) is 3.91. The largest absolute Gasteiger partial charge is 0.468 e. The van der Waals surface area contributed by atoms with Crippen molar-refractivity contribution in [3.63, 3.8) is 0 Å². The van der Waals surface area contributed by atoms with Gasteiger partial charge in [0.1, 0.15) is 6.61 Å². The normalized spacial score (nSPS) is 20.9. The zero-order valence-corrected chi connectivity index (χ0v) is 16.2. The van der Waals surface area contributed by atoms with Crippen LogP contribution in [0.15, 0.2) is 28.7 Å². The molecule has 1 aliphatic rings. The molecule has 2 atom stereocenters. The zero-order valence-electron chi connectivity index (χ0n) is 12.9. The van der Waals surface area contributed by atoms with Gasteiger partial charge in [0.15, 0.2) is 0 Å². The van der Waals surface area contributed by atoms with Gasteiger partial charge in [-0.2, -0.15) is 12.6 Å². The molecule has 6 heteroatoms. The van der Waals surface area contributed by atoms with E-state index in [0.29, 0.717) is 12.5 Å². The van der Waals surface area contributed by atoms with Crippen LogP contribution in [0.1, 0.15) is 32.8 Å². The van der Waals surface area contributed by atoms with Crippen LogP contribution >= 0.6 is 40.8 Å². The quantitative estimate of drug-likeness (QED) is 0.606. The SMILES string of the molecule is CC(C)[C@H]1COC(=S)N1C(=O)C[C@](C)(S)c1ccc(Br)cc1.